The Morgan fingerprint density at radius 2 is 2.00 bits per heavy atom. The van der Waals surface area contributed by atoms with E-state index >= 15 is 0 Å². The smallest absolute Gasteiger partial charge is 0.405 e. The standard InChI is InChI=1S/C6H8O2.C5H11NO2/c1-2-4-3-5(4)6(7)8;1-5(2,3)8-4(6)7/h2,4-5H,1,3H2,(H,7,8);1-3H3,(H2,6,7)/t4-,5+;/m1./s1. The first-order chi connectivity index (χ1) is 7.17. The van der Waals surface area contributed by atoms with Gasteiger partial charge in [0.15, 0.2) is 0 Å². The Hall–Kier alpha value is -1.52. The minimum absolute atomic E-state index is 0.118. The molecule has 5 heteroatoms. The summed E-state index contributed by atoms with van der Waals surface area (Å²) in [5, 5.41) is 8.31. The molecule has 0 aromatic rings. The van der Waals surface area contributed by atoms with Gasteiger partial charge in [-0.2, -0.15) is 0 Å². The largest absolute Gasteiger partial charge is 0.481 e. The van der Waals surface area contributed by atoms with Gasteiger partial charge in [0.1, 0.15) is 5.60 Å². The van der Waals surface area contributed by atoms with Crippen LogP contribution in [0.2, 0.25) is 0 Å². The van der Waals surface area contributed by atoms with Gasteiger partial charge in [-0.15, -0.1) is 6.58 Å². The third-order valence-corrected chi connectivity index (χ3v) is 1.87. The summed E-state index contributed by atoms with van der Waals surface area (Å²) in [6, 6.07) is 0. The summed E-state index contributed by atoms with van der Waals surface area (Å²) in [5.41, 5.74) is 4.26. The highest BCUT2D eigenvalue weighted by Gasteiger charge is 2.40. The lowest BCUT2D eigenvalue weighted by molar-refractivity contribution is -0.138. The SMILES string of the molecule is C=C[C@@H]1C[C@@H]1C(=O)O.CC(C)(C)OC(N)=O. The highest BCUT2D eigenvalue weighted by atomic mass is 16.6. The molecule has 1 aliphatic rings. The molecule has 3 N–H and O–H groups in total. The topological polar surface area (TPSA) is 89.6 Å². The molecule has 0 radical (unpaired) electrons. The zero-order valence-corrected chi connectivity index (χ0v) is 9.90. The Morgan fingerprint density at radius 1 is 1.50 bits per heavy atom. The number of rotatable bonds is 2. The van der Waals surface area contributed by atoms with Gasteiger partial charge in [-0.25, -0.2) is 4.79 Å². The Kier molecular flexibility index (Phi) is 5.01. The van der Waals surface area contributed by atoms with Crippen LogP contribution in [-0.2, 0) is 9.53 Å². The van der Waals surface area contributed by atoms with Crippen LogP contribution in [-0.4, -0.2) is 22.8 Å². The van der Waals surface area contributed by atoms with E-state index in [0.29, 0.717) is 0 Å². The van der Waals surface area contributed by atoms with E-state index < -0.39 is 17.7 Å². The molecule has 1 rings (SSSR count). The first-order valence-corrected chi connectivity index (χ1v) is 5.01. The van der Waals surface area contributed by atoms with Crippen molar-refractivity contribution in [3.05, 3.63) is 12.7 Å². The van der Waals surface area contributed by atoms with Gasteiger partial charge in [-0.3, -0.25) is 4.79 Å². The molecule has 0 bridgehead atoms. The van der Waals surface area contributed by atoms with Crippen molar-refractivity contribution >= 4 is 12.1 Å². The van der Waals surface area contributed by atoms with E-state index in [1.54, 1.807) is 26.8 Å². The van der Waals surface area contributed by atoms with E-state index in [1.165, 1.54) is 0 Å². The van der Waals surface area contributed by atoms with Gasteiger partial charge >= 0.3 is 12.1 Å². The number of nitrogens with two attached hydrogens (primary N) is 1. The summed E-state index contributed by atoms with van der Waals surface area (Å²) in [4.78, 5) is 20.1. The molecule has 1 amide bonds. The molecule has 1 fully saturated rings. The Labute approximate surface area is 95.3 Å². The normalized spacial score (nSPS) is 22.4. The quantitative estimate of drug-likeness (QED) is 0.706. The molecule has 1 saturated carbocycles. The Balaban J connectivity index is 0.000000281. The van der Waals surface area contributed by atoms with Crippen molar-refractivity contribution in [2.75, 3.05) is 0 Å². The molecule has 0 aliphatic heterocycles. The highest BCUT2D eigenvalue weighted by molar-refractivity contribution is 5.73. The summed E-state index contributed by atoms with van der Waals surface area (Å²) in [5.74, 6) is -0.546. The second kappa shape index (κ2) is 5.53. The fraction of sp³-hybridized carbons (Fsp3) is 0.636. The Morgan fingerprint density at radius 3 is 2.06 bits per heavy atom. The van der Waals surface area contributed by atoms with E-state index in [0.717, 1.165) is 6.42 Å². The molecule has 1 aliphatic carbocycles. The second-order valence-corrected chi connectivity index (χ2v) is 4.61. The average Bonchev–Trinajstić information content (AvgIpc) is 2.77. The third-order valence-electron chi connectivity index (χ3n) is 1.87. The number of aliphatic carboxylic acids is 1. The fourth-order valence-corrected chi connectivity index (χ4v) is 1.06. The van der Waals surface area contributed by atoms with Crippen molar-refractivity contribution in [2.45, 2.75) is 32.8 Å². The maximum Gasteiger partial charge on any atom is 0.405 e. The van der Waals surface area contributed by atoms with E-state index in [-0.39, 0.29) is 11.8 Å². The summed E-state index contributed by atoms with van der Waals surface area (Å²) >= 11 is 0. The second-order valence-electron chi connectivity index (χ2n) is 4.61. The van der Waals surface area contributed by atoms with Crippen molar-refractivity contribution in [2.24, 2.45) is 17.6 Å². The van der Waals surface area contributed by atoms with E-state index in [2.05, 4.69) is 11.3 Å². The molecule has 0 heterocycles. The van der Waals surface area contributed by atoms with Crippen LogP contribution >= 0.6 is 0 Å². The van der Waals surface area contributed by atoms with Crippen LogP contribution in [0.1, 0.15) is 27.2 Å². The number of carboxylic acid groups (broad SMARTS) is 1. The molecule has 0 saturated heterocycles. The van der Waals surface area contributed by atoms with Crippen LogP contribution in [0, 0.1) is 11.8 Å². The minimum atomic E-state index is -0.725. The lowest BCUT2D eigenvalue weighted by atomic mass is 10.2. The number of amides is 1. The molecule has 0 aromatic heterocycles. The van der Waals surface area contributed by atoms with Gasteiger partial charge in [0.2, 0.25) is 0 Å². The summed E-state index contributed by atoms with van der Waals surface area (Å²) in [6.45, 7) is 8.78. The molecule has 16 heavy (non-hydrogen) atoms. The average molecular weight is 229 g/mol. The number of ether oxygens (including phenoxy) is 1. The third kappa shape index (κ3) is 6.86. The molecular weight excluding hydrogens is 210 g/mol. The molecule has 0 aromatic carbocycles. The maximum absolute atomic E-state index is 10.1. The number of carbonyl (C=O) groups excluding carboxylic acids is 1. The highest BCUT2D eigenvalue weighted by Crippen LogP contribution is 2.38. The number of carbonyl (C=O) groups is 2. The van der Waals surface area contributed by atoms with E-state index in [9.17, 15) is 9.59 Å². The van der Waals surface area contributed by atoms with Crippen molar-refractivity contribution in [3.8, 4) is 0 Å². The number of primary amides is 1. The van der Waals surface area contributed by atoms with Crippen molar-refractivity contribution in [1.82, 2.24) is 0 Å². The van der Waals surface area contributed by atoms with E-state index in [1.807, 2.05) is 0 Å². The van der Waals surface area contributed by atoms with Crippen LogP contribution in [0.15, 0.2) is 12.7 Å². The Bertz CT molecular complexity index is 280. The van der Waals surface area contributed by atoms with Gasteiger partial charge < -0.3 is 15.6 Å². The lowest BCUT2D eigenvalue weighted by Crippen LogP contribution is -2.27. The van der Waals surface area contributed by atoms with Gasteiger partial charge in [0.25, 0.3) is 0 Å². The number of hydrogen-bond donors (Lipinski definition) is 2. The van der Waals surface area contributed by atoms with Crippen LogP contribution in [0.25, 0.3) is 0 Å². The molecule has 0 unspecified atom stereocenters. The molecule has 92 valence electrons. The minimum Gasteiger partial charge on any atom is -0.481 e. The van der Waals surface area contributed by atoms with Crippen molar-refractivity contribution < 1.29 is 19.4 Å². The van der Waals surface area contributed by atoms with Crippen LogP contribution < -0.4 is 5.73 Å². The predicted molar refractivity (Wildman–Crippen MR) is 59.9 cm³/mol. The van der Waals surface area contributed by atoms with Gasteiger partial charge in [-0.05, 0) is 33.1 Å². The molecule has 2 atom stereocenters. The summed E-state index contributed by atoms with van der Waals surface area (Å²) in [7, 11) is 0. The number of hydrogen-bond acceptors (Lipinski definition) is 3. The lowest BCUT2D eigenvalue weighted by Gasteiger charge is -2.16. The monoisotopic (exact) mass is 229 g/mol. The number of carboxylic acids is 1. The van der Waals surface area contributed by atoms with Crippen LogP contribution in [0.4, 0.5) is 4.79 Å². The molecule has 5 nitrogen and oxygen atoms in total. The molecular formula is C11H19NO4. The molecule has 0 spiro atoms. The van der Waals surface area contributed by atoms with E-state index in [4.69, 9.17) is 10.8 Å². The first kappa shape index (κ1) is 14.5. The summed E-state index contributed by atoms with van der Waals surface area (Å²) < 4.78 is 4.58. The van der Waals surface area contributed by atoms with Crippen molar-refractivity contribution in [1.29, 1.82) is 0 Å². The predicted octanol–water partition coefficient (Wildman–Crippen LogP) is 1.77. The fourth-order valence-electron chi connectivity index (χ4n) is 1.06. The summed E-state index contributed by atoms with van der Waals surface area (Å²) in [6.07, 6.45) is 1.77. The van der Waals surface area contributed by atoms with Crippen molar-refractivity contribution in [3.63, 3.8) is 0 Å². The zero-order valence-electron chi connectivity index (χ0n) is 9.90. The van der Waals surface area contributed by atoms with Gasteiger partial charge in [0, 0.05) is 0 Å². The van der Waals surface area contributed by atoms with Crippen LogP contribution in [0.3, 0.4) is 0 Å². The number of allylic oxidation sites excluding steroid dienone is 1. The zero-order chi connectivity index (χ0) is 12.9. The first-order valence-electron chi connectivity index (χ1n) is 5.01. The maximum atomic E-state index is 10.1. The van der Waals surface area contributed by atoms with Gasteiger partial charge in [0.05, 0.1) is 5.92 Å². The van der Waals surface area contributed by atoms with Crippen LogP contribution in [0.5, 0.6) is 0 Å². The van der Waals surface area contributed by atoms with Gasteiger partial charge in [-0.1, -0.05) is 6.08 Å².